The highest BCUT2D eigenvalue weighted by Crippen LogP contribution is 2.27. The molecule has 0 saturated carbocycles. The van der Waals surface area contributed by atoms with Gasteiger partial charge in [-0.25, -0.2) is 13.2 Å². The first-order valence-corrected chi connectivity index (χ1v) is 10.3. The smallest absolute Gasteiger partial charge is 0.317 e. The van der Waals surface area contributed by atoms with Crippen LogP contribution in [0.15, 0.2) is 0 Å². The normalized spacial score (nSPS) is 26.0. The molecule has 0 radical (unpaired) electrons. The second-order valence-corrected chi connectivity index (χ2v) is 8.90. The van der Waals surface area contributed by atoms with Crippen LogP contribution in [-0.2, 0) is 14.6 Å². The largest absolute Gasteiger partial charge is 0.348 e. The second kappa shape index (κ2) is 7.69. The van der Waals surface area contributed by atoms with E-state index < -0.39 is 9.84 Å². The number of likely N-dealkylation sites (N-methyl/N-ethyl adjacent to an activating group) is 1. The zero-order valence-corrected chi connectivity index (χ0v) is 15.5. The van der Waals surface area contributed by atoms with E-state index in [1.54, 1.807) is 19.0 Å². The Balaban J connectivity index is 2.09. The molecule has 24 heavy (non-hydrogen) atoms. The Morgan fingerprint density at radius 3 is 2.46 bits per heavy atom. The fourth-order valence-electron chi connectivity index (χ4n) is 3.26. The molecule has 2 fully saturated rings. The van der Waals surface area contributed by atoms with E-state index in [0.29, 0.717) is 19.6 Å². The zero-order chi connectivity index (χ0) is 17.9. The molecular weight excluding hydrogens is 332 g/mol. The highest BCUT2D eigenvalue weighted by atomic mass is 32.2. The number of nitrogens with one attached hydrogen (secondary N) is 1. The third kappa shape index (κ3) is 4.38. The second-order valence-electron chi connectivity index (χ2n) is 6.75. The molecule has 2 heterocycles. The van der Waals surface area contributed by atoms with Gasteiger partial charge in [0.15, 0.2) is 9.84 Å². The van der Waals surface area contributed by atoms with Crippen LogP contribution < -0.4 is 5.32 Å². The van der Waals surface area contributed by atoms with Crippen molar-refractivity contribution in [3.05, 3.63) is 0 Å². The summed E-state index contributed by atoms with van der Waals surface area (Å²) in [6.07, 6.45) is 1.89. The van der Waals surface area contributed by atoms with Gasteiger partial charge in [0.05, 0.1) is 24.1 Å². The third-order valence-electron chi connectivity index (χ3n) is 4.70. The van der Waals surface area contributed by atoms with Crippen LogP contribution in [0.4, 0.5) is 4.79 Å². The monoisotopic (exact) mass is 360 g/mol. The molecule has 9 heteroatoms. The number of carbonyl (C=O) groups is 2. The summed E-state index contributed by atoms with van der Waals surface area (Å²) < 4.78 is 24.2. The van der Waals surface area contributed by atoms with E-state index in [1.165, 1.54) is 4.90 Å². The standard InChI is InChI=1S/C15H28N4O4S/c1-4-5-6-16-15(21)19-8-7-18(9-14(20)17(2)3)12-10-24(22,23)11-13(12)19/h12-13H,4-11H2,1-3H3,(H,16,21)/t12-,13+/m0/s1. The van der Waals surface area contributed by atoms with Gasteiger partial charge < -0.3 is 15.1 Å². The number of carbonyl (C=O) groups excluding carboxylic acids is 2. The molecule has 1 N–H and O–H groups in total. The molecule has 0 spiro atoms. The lowest BCUT2D eigenvalue weighted by molar-refractivity contribution is -0.131. The quantitative estimate of drug-likeness (QED) is 0.659. The van der Waals surface area contributed by atoms with E-state index >= 15 is 0 Å². The number of rotatable bonds is 5. The Kier molecular flexibility index (Phi) is 6.08. The van der Waals surface area contributed by atoms with Crippen LogP contribution in [0.2, 0.25) is 0 Å². The Hall–Kier alpha value is -1.35. The molecule has 3 amide bonds. The number of unbranched alkanes of at least 4 members (excludes halogenated alkanes) is 1. The van der Waals surface area contributed by atoms with Crippen LogP contribution >= 0.6 is 0 Å². The van der Waals surface area contributed by atoms with Crippen molar-refractivity contribution in [1.29, 1.82) is 0 Å². The van der Waals surface area contributed by atoms with Gasteiger partial charge in [-0.2, -0.15) is 0 Å². The average molecular weight is 360 g/mol. The van der Waals surface area contributed by atoms with Gasteiger partial charge >= 0.3 is 6.03 Å². The van der Waals surface area contributed by atoms with Crippen LogP contribution in [0.3, 0.4) is 0 Å². The minimum absolute atomic E-state index is 0.0110. The first-order valence-electron chi connectivity index (χ1n) is 8.44. The fraction of sp³-hybridized carbons (Fsp3) is 0.867. The van der Waals surface area contributed by atoms with Crippen molar-refractivity contribution in [2.75, 3.05) is 51.8 Å². The van der Waals surface area contributed by atoms with Crippen molar-refractivity contribution in [1.82, 2.24) is 20.0 Å². The lowest BCUT2D eigenvalue weighted by Crippen LogP contribution is -2.63. The van der Waals surface area contributed by atoms with Crippen molar-refractivity contribution in [2.24, 2.45) is 0 Å². The van der Waals surface area contributed by atoms with Crippen molar-refractivity contribution in [3.63, 3.8) is 0 Å². The Morgan fingerprint density at radius 2 is 1.83 bits per heavy atom. The molecule has 138 valence electrons. The molecule has 2 saturated heterocycles. The van der Waals surface area contributed by atoms with Crippen LogP contribution in [0.5, 0.6) is 0 Å². The molecular formula is C15H28N4O4S. The van der Waals surface area contributed by atoms with Gasteiger partial charge in [-0.05, 0) is 6.42 Å². The zero-order valence-electron chi connectivity index (χ0n) is 14.7. The number of sulfone groups is 1. The number of urea groups is 1. The van der Waals surface area contributed by atoms with Gasteiger partial charge in [0.25, 0.3) is 0 Å². The molecule has 0 aliphatic carbocycles. The molecule has 0 aromatic heterocycles. The number of fused-ring (bicyclic) bond motifs is 1. The summed E-state index contributed by atoms with van der Waals surface area (Å²) in [6.45, 7) is 3.78. The predicted molar refractivity (Wildman–Crippen MR) is 91.5 cm³/mol. The van der Waals surface area contributed by atoms with Crippen molar-refractivity contribution in [2.45, 2.75) is 31.8 Å². The van der Waals surface area contributed by atoms with E-state index in [9.17, 15) is 18.0 Å². The van der Waals surface area contributed by atoms with Crippen LogP contribution in [0, 0.1) is 0 Å². The molecule has 8 nitrogen and oxygen atoms in total. The summed E-state index contributed by atoms with van der Waals surface area (Å²) in [5.41, 5.74) is 0. The van der Waals surface area contributed by atoms with Gasteiger partial charge in [0.2, 0.25) is 5.91 Å². The van der Waals surface area contributed by atoms with Gasteiger partial charge in [-0.3, -0.25) is 9.69 Å². The summed E-state index contributed by atoms with van der Waals surface area (Å²) in [7, 11) is 0.169. The number of hydrogen-bond donors (Lipinski definition) is 1. The third-order valence-corrected chi connectivity index (χ3v) is 6.39. The van der Waals surface area contributed by atoms with E-state index in [1.807, 2.05) is 11.8 Å². The predicted octanol–water partition coefficient (Wildman–Crippen LogP) is -0.632. The summed E-state index contributed by atoms with van der Waals surface area (Å²) >= 11 is 0. The Labute approximate surface area is 144 Å². The first-order chi connectivity index (χ1) is 11.2. The molecule has 0 aromatic rings. The molecule has 2 atom stereocenters. The van der Waals surface area contributed by atoms with Gasteiger partial charge in [-0.15, -0.1) is 0 Å². The SMILES string of the molecule is CCCCNC(=O)N1CCN(CC(=O)N(C)C)[C@H]2CS(=O)(=O)C[C@H]21. The summed E-state index contributed by atoms with van der Waals surface area (Å²) in [5, 5.41) is 2.87. The lowest BCUT2D eigenvalue weighted by Gasteiger charge is -2.43. The molecule has 0 aromatic carbocycles. The highest BCUT2D eigenvalue weighted by Gasteiger charge is 2.48. The average Bonchev–Trinajstić information content (AvgIpc) is 2.82. The molecule has 0 bridgehead atoms. The summed E-state index contributed by atoms with van der Waals surface area (Å²) in [5.74, 6) is -0.0679. The van der Waals surface area contributed by atoms with Crippen molar-refractivity contribution < 1.29 is 18.0 Å². The summed E-state index contributed by atoms with van der Waals surface area (Å²) in [6, 6.07) is -0.876. The van der Waals surface area contributed by atoms with E-state index in [2.05, 4.69) is 5.32 Å². The van der Waals surface area contributed by atoms with E-state index in [0.717, 1.165) is 12.8 Å². The van der Waals surface area contributed by atoms with Crippen molar-refractivity contribution >= 4 is 21.8 Å². The minimum atomic E-state index is -3.20. The highest BCUT2D eigenvalue weighted by molar-refractivity contribution is 7.91. The first kappa shape index (κ1) is 19.0. The summed E-state index contributed by atoms with van der Waals surface area (Å²) in [4.78, 5) is 29.4. The van der Waals surface area contributed by atoms with E-state index in [-0.39, 0.29) is 42.1 Å². The molecule has 2 aliphatic heterocycles. The molecule has 2 rings (SSSR count). The molecule has 2 aliphatic rings. The van der Waals surface area contributed by atoms with E-state index in [4.69, 9.17) is 0 Å². The number of nitrogens with zero attached hydrogens (tertiary/aromatic N) is 3. The molecule has 0 unspecified atom stereocenters. The number of piperazine rings is 1. The van der Waals surface area contributed by atoms with Crippen LogP contribution in [0.25, 0.3) is 0 Å². The van der Waals surface area contributed by atoms with Crippen LogP contribution in [-0.4, -0.2) is 98.9 Å². The Bertz CT molecular complexity index is 578. The fourth-order valence-corrected chi connectivity index (χ4v) is 5.27. The van der Waals surface area contributed by atoms with Gasteiger partial charge in [0, 0.05) is 39.8 Å². The number of hydrogen-bond acceptors (Lipinski definition) is 5. The topological polar surface area (TPSA) is 90.0 Å². The minimum Gasteiger partial charge on any atom is -0.348 e. The Morgan fingerprint density at radius 1 is 1.17 bits per heavy atom. The van der Waals surface area contributed by atoms with Crippen LogP contribution in [0.1, 0.15) is 19.8 Å². The van der Waals surface area contributed by atoms with Crippen molar-refractivity contribution in [3.8, 4) is 0 Å². The maximum Gasteiger partial charge on any atom is 0.317 e. The van der Waals surface area contributed by atoms with Gasteiger partial charge in [0.1, 0.15) is 0 Å². The number of amides is 3. The maximum atomic E-state index is 12.4. The van der Waals surface area contributed by atoms with Gasteiger partial charge in [-0.1, -0.05) is 13.3 Å². The lowest BCUT2D eigenvalue weighted by atomic mass is 10.1. The maximum absolute atomic E-state index is 12.4.